The standard InChI is InChI=1S/C29H31BrN2O4S/c1-6-8-22-25(28(34)36-7-2)26(19-11-9-18(10-12-19)17(3)4)32-27(33)24(37-29(32)31-22)16-20-15-21(30)13-14-23(20)35-5/h9-17,26H,6-8H2,1-5H3/b24-16-/t26-/m0/s1. The van der Waals surface area contributed by atoms with Crippen LogP contribution in [0.25, 0.3) is 6.08 Å². The lowest BCUT2D eigenvalue weighted by Crippen LogP contribution is -2.40. The first-order valence-corrected chi connectivity index (χ1v) is 14.0. The Morgan fingerprint density at radius 3 is 2.54 bits per heavy atom. The molecule has 0 spiro atoms. The number of hydrogen-bond acceptors (Lipinski definition) is 6. The summed E-state index contributed by atoms with van der Waals surface area (Å²) >= 11 is 4.82. The quantitative estimate of drug-likeness (QED) is 0.330. The van der Waals surface area contributed by atoms with E-state index in [1.54, 1.807) is 18.6 Å². The Morgan fingerprint density at radius 2 is 1.92 bits per heavy atom. The molecule has 1 atom stereocenters. The van der Waals surface area contributed by atoms with E-state index >= 15 is 0 Å². The van der Waals surface area contributed by atoms with Gasteiger partial charge in [0.25, 0.3) is 5.56 Å². The summed E-state index contributed by atoms with van der Waals surface area (Å²) in [4.78, 5) is 32.6. The average Bonchev–Trinajstić information content (AvgIpc) is 3.18. The number of rotatable bonds is 8. The fraction of sp³-hybridized carbons (Fsp3) is 0.345. The molecule has 0 amide bonds. The van der Waals surface area contributed by atoms with Crippen molar-refractivity contribution < 1.29 is 14.3 Å². The molecule has 6 nitrogen and oxygen atoms in total. The molecule has 0 saturated heterocycles. The third-order valence-electron chi connectivity index (χ3n) is 6.29. The minimum absolute atomic E-state index is 0.207. The van der Waals surface area contributed by atoms with Crippen LogP contribution in [-0.2, 0) is 9.53 Å². The average molecular weight is 584 g/mol. The lowest BCUT2D eigenvalue weighted by molar-refractivity contribution is -0.139. The molecular weight excluding hydrogens is 552 g/mol. The van der Waals surface area contributed by atoms with E-state index in [4.69, 9.17) is 14.5 Å². The summed E-state index contributed by atoms with van der Waals surface area (Å²) in [5.41, 5.74) is 3.71. The highest BCUT2D eigenvalue weighted by molar-refractivity contribution is 9.10. The van der Waals surface area contributed by atoms with Crippen molar-refractivity contribution in [1.82, 2.24) is 4.57 Å². The maximum Gasteiger partial charge on any atom is 0.338 e. The first-order chi connectivity index (χ1) is 17.8. The van der Waals surface area contributed by atoms with E-state index in [-0.39, 0.29) is 12.2 Å². The van der Waals surface area contributed by atoms with Crippen LogP contribution < -0.4 is 19.6 Å². The molecule has 2 aromatic carbocycles. The number of aromatic nitrogens is 1. The first-order valence-electron chi connectivity index (χ1n) is 12.4. The Labute approximate surface area is 229 Å². The van der Waals surface area contributed by atoms with Gasteiger partial charge in [-0.2, -0.15) is 0 Å². The molecule has 0 radical (unpaired) electrons. The smallest absolute Gasteiger partial charge is 0.338 e. The molecule has 0 fully saturated rings. The number of methoxy groups -OCH3 is 1. The molecule has 3 aromatic rings. The predicted octanol–water partition coefficient (Wildman–Crippen LogP) is 5.47. The zero-order valence-corrected chi connectivity index (χ0v) is 24.1. The molecule has 37 heavy (non-hydrogen) atoms. The van der Waals surface area contributed by atoms with E-state index in [0.29, 0.717) is 38.7 Å². The number of halogens is 1. The molecule has 4 rings (SSSR count). The predicted molar refractivity (Wildman–Crippen MR) is 151 cm³/mol. The van der Waals surface area contributed by atoms with E-state index in [1.165, 1.54) is 16.9 Å². The summed E-state index contributed by atoms with van der Waals surface area (Å²) in [6.45, 7) is 8.35. The Bertz CT molecular complexity index is 1520. The highest BCUT2D eigenvalue weighted by atomic mass is 79.9. The zero-order chi connectivity index (χ0) is 26.7. The van der Waals surface area contributed by atoms with Gasteiger partial charge in [0.1, 0.15) is 5.75 Å². The Hall–Kier alpha value is -2.97. The van der Waals surface area contributed by atoms with Crippen molar-refractivity contribution >= 4 is 39.3 Å². The summed E-state index contributed by atoms with van der Waals surface area (Å²) in [5.74, 6) is 0.594. The maximum absolute atomic E-state index is 13.9. The number of carbonyl (C=O) groups excluding carboxylic acids is 1. The van der Waals surface area contributed by atoms with Gasteiger partial charge in [-0.25, -0.2) is 9.79 Å². The van der Waals surface area contributed by atoms with Crippen molar-refractivity contribution in [1.29, 1.82) is 0 Å². The second-order valence-corrected chi connectivity index (χ2v) is 11.0. The number of allylic oxidation sites excluding steroid dienone is 1. The van der Waals surface area contributed by atoms with Gasteiger partial charge in [-0.1, -0.05) is 78.7 Å². The third-order valence-corrected chi connectivity index (χ3v) is 7.77. The van der Waals surface area contributed by atoms with Crippen LogP contribution in [0, 0.1) is 0 Å². The normalized spacial score (nSPS) is 15.5. The molecule has 1 aliphatic heterocycles. The van der Waals surface area contributed by atoms with Gasteiger partial charge in [-0.3, -0.25) is 9.36 Å². The molecule has 0 bridgehead atoms. The highest BCUT2D eigenvalue weighted by Crippen LogP contribution is 2.33. The number of hydrogen-bond donors (Lipinski definition) is 0. The maximum atomic E-state index is 13.9. The van der Waals surface area contributed by atoms with E-state index in [1.807, 2.05) is 43.3 Å². The van der Waals surface area contributed by atoms with Crippen molar-refractivity contribution in [3.63, 3.8) is 0 Å². The molecule has 0 saturated carbocycles. The van der Waals surface area contributed by atoms with Gasteiger partial charge in [0.15, 0.2) is 4.80 Å². The Balaban J connectivity index is 2.00. The lowest BCUT2D eigenvalue weighted by Gasteiger charge is -2.26. The monoisotopic (exact) mass is 582 g/mol. The van der Waals surface area contributed by atoms with E-state index in [9.17, 15) is 9.59 Å². The van der Waals surface area contributed by atoms with Gasteiger partial charge < -0.3 is 9.47 Å². The van der Waals surface area contributed by atoms with Crippen LogP contribution in [0.5, 0.6) is 5.75 Å². The summed E-state index contributed by atoms with van der Waals surface area (Å²) in [6.07, 6.45) is 3.24. The third kappa shape index (κ3) is 5.50. The minimum atomic E-state index is -0.621. The van der Waals surface area contributed by atoms with Crippen molar-refractivity contribution in [3.05, 3.63) is 94.6 Å². The number of ether oxygens (including phenoxy) is 2. The van der Waals surface area contributed by atoms with Gasteiger partial charge in [0.2, 0.25) is 0 Å². The molecule has 2 heterocycles. The van der Waals surface area contributed by atoms with E-state index in [2.05, 4.69) is 41.9 Å². The van der Waals surface area contributed by atoms with Crippen LogP contribution in [-0.4, -0.2) is 24.3 Å². The van der Waals surface area contributed by atoms with Crippen LogP contribution in [0.4, 0.5) is 0 Å². The van der Waals surface area contributed by atoms with Crippen LogP contribution >= 0.6 is 27.3 Å². The van der Waals surface area contributed by atoms with Crippen molar-refractivity contribution in [2.75, 3.05) is 13.7 Å². The van der Waals surface area contributed by atoms with Crippen molar-refractivity contribution in [3.8, 4) is 5.75 Å². The van der Waals surface area contributed by atoms with Gasteiger partial charge in [0, 0.05) is 10.0 Å². The van der Waals surface area contributed by atoms with Crippen LogP contribution in [0.15, 0.2) is 68.0 Å². The van der Waals surface area contributed by atoms with Crippen molar-refractivity contribution in [2.45, 2.75) is 52.5 Å². The van der Waals surface area contributed by atoms with Gasteiger partial charge in [-0.15, -0.1) is 0 Å². The molecule has 1 aliphatic rings. The Morgan fingerprint density at radius 1 is 1.19 bits per heavy atom. The molecule has 0 aliphatic carbocycles. The molecule has 0 N–H and O–H groups in total. The Kier molecular flexibility index (Phi) is 8.49. The summed E-state index contributed by atoms with van der Waals surface area (Å²) in [5, 5.41) is 0. The zero-order valence-electron chi connectivity index (χ0n) is 21.7. The van der Waals surface area contributed by atoms with Gasteiger partial charge in [-0.05, 0) is 54.7 Å². The number of fused-ring (bicyclic) bond motifs is 1. The fourth-order valence-corrected chi connectivity index (χ4v) is 5.85. The summed E-state index contributed by atoms with van der Waals surface area (Å²) < 4.78 is 14.0. The molecular formula is C29H31BrN2O4S. The van der Waals surface area contributed by atoms with Gasteiger partial charge >= 0.3 is 5.97 Å². The molecule has 8 heteroatoms. The summed E-state index contributed by atoms with van der Waals surface area (Å²) in [7, 11) is 1.60. The first kappa shape index (κ1) is 27.1. The summed E-state index contributed by atoms with van der Waals surface area (Å²) in [6, 6.07) is 13.2. The van der Waals surface area contributed by atoms with Crippen LogP contribution in [0.3, 0.4) is 0 Å². The van der Waals surface area contributed by atoms with Crippen molar-refractivity contribution in [2.24, 2.45) is 4.99 Å². The number of esters is 1. The minimum Gasteiger partial charge on any atom is -0.496 e. The second-order valence-electron chi connectivity index (χ2n) is 9.12. The fourth-order valence-electron chi connectivity index (χ4n) is 4.46. The highest BCUT2D eigenvalue weighted by Gasteiger charge is 2.34. The van der Waals surface area contributed by atoms with Crippen LogP contribution in [0.2, 0.25) is 0 Å². The molecule has 194 valence electrons. The van der Waals surface area contributed by atoms with Crippen LogP contribution in [0.1, 0.15) is 69.2 Å². The van der Waals surface area contributed by atoms with E-state index in [0.717, 1.165) is 22.0 Å². The number of benzene rings is 2. The number of carbonyl (C=O) groups is 1. The topological polar surface area (TPSA) is 69.9 Å². The number of nitrogens with zero attached hydrogens (tertiary/aromatic N) is 2. The SMILES string of the molecule is CCCC1=C(C(=O)OCC)[C@H](c2ccc(C(C)C)cc2)n2c(s/c(=C\c3cc(Br)ccc3OC)c2=O)=N1. The van der Waals surface area contributed by atoms with Gasteiger partial charge in [0.05, 0.1) is 35.6 Å². The molecule has 1 aromatic heterocycles. The largest absolute Gasteiger partial charge is 0.496 e. The molecule has 0 unspecified atom stereocenters. The lowest BCUT2D eigenvalue weighted by atomic mass is 9.92. The second kappa shape index (κ2) is 11.6. The number of thiazole rings is 1. The van der Waals surface area contributed by atoms with E-state index < -0.39 is 12.0 Å².